The lowest BCUT2D eigenvalue weighted by Gasteiger charge is -2.15. The molecule has 0 spiro atoms. The number of hydrogen-bond acceptors (Lipinski definition) is 4. The van der Waals surface area contributed by atoms with Crippen molar-refractivity contribution < 1.29 is 24.1 Å². The van der Waals surface area contributed by atoms with Crippen molar-refractivity contribution in [1.82, 2.24) is 0 Å². The third kappa shape index (κ3) is 11.7. The fourth-order valence-electron chi connectivity index (χ4n) is 1.61. The molecular formula is C13H26O5. The lowest BCUT2D eigenvalue weighted by molar-refractivity contribution is 0.0287. The maximum absolute atomic E-state index is 10.5. The molecule has 0 heterocycles. The minimum Gasteiger partial charge on any atom is -0.450 e. The summed E-state index contributed by atoms with van der Waals surface area (Å²) in [7, 11) is 0. The van der Waals surface area contributed by atoms with Crippen LogP contribution < -0.4 is 0 Å². The molecule has 18 heavy (non-hydrogen) atoms. The molecule has 0 aliphatic rings. The molecule has 0 radical (unpaired) electrons. The second kappa shape index (κ2) is 12.6. The van der Waals surface area contributed by atoms with Crippen LogP contribution in [0.15, 0.2) is 0 Å². The summed E-state index contributed by atoms with van der Waals surface area (Å²) in [5.41, 5.74) is 0. The second-order valence-electron chi connectivity index (χ2n) is 4.10. The smallest absolute Gasteiger partial charge is 0.450 e. The van der Waals surface area contributed by atoms with E-state index in [1.54, 1.807) is 0 Å². The maximum atomic E-state index is 10.5. The van der Waals surface area contributed by atoms with Gasteiger partial charge in [0, 0.05) is 13.2 Å². The van der Waals surface area contributed by atoms with Crippen molar-refractivity contribution in [2.24, 2.45) is 0 Å². The van der Waals surface area contributed by atoms with Crippen molar-refractivity contribution >= 4 is 6.16 Å². The molecule has 0 saturated carbocycles. The van der Waals surface area contributed by atoms with Gasteiger partial charge in [-0.15, -0.1) is 0 Å². The van der Waals surface area contributed by atoms with Gasteiger partial charge < -0.3 is 19.3 Å². The molecule has 108 valence electrons. The van der Waals surface area contributed by atoms with Crippen LogP contribution in [0.3, 0.4) is 0 Å². The average Bonchev–Trinajstić information content (AvgIpc) is 2.34. The molecule has 0 rings (SSSR count). The summed E-state index contributed by atoms with van der Waals surface area (Å²) in [4.78, 5) is 10.5. The Hall–Kier alpha value is -0.810. The van der Waals surface area contributed by atoms with Gasteiger partial charge in [0.15, 0.2) is 0 Å². The van der Waals surface area contributed by atoms with Crippen LogP contribution in [0.2, 0.25) is 0 Å². The zero-order chi connectivity index (χ0) is 13.6. The number of ether oxygens (including phenoxy) is 3. The van der Waals surface area contributed by atoms with Gasteiger partial charge in [-0.05, 0) is 26.2 Å². The van der Waals surface area contributed by atoms with Gasteiger partial charge in [-0.3, -0.25) is 0 Å². The van der Waals surface area contributed by atoms with Crippen molar-refractivity contribution in [3.8, 4) is 0 Å². The number of unbranched alkanes of at least 4 members (excludes halogenated alkanes) is 1. The third-order valence-electron chi connectivity index (χ3n) is 2.54. The predicted octanol–water partition coefficient (Wildman–Crippen LogP) is 3.07. The van der Waals surface area contributed by atoms with Gasteiger partial charge in [-0.2, -0.15) is 0 Å². The molecule has 0 aliphatic heterocycles. The Bertz CT molecular complexity index is 196. The van der Waals surface area contributed by atoms with Gasteiger partial charge in [-0.1, -0.05) is 19.8 Å². The summed E-state index contributed by atoms with van der Waals surface area (Å²) in [6.07, 6.45) is 2.98. The predicted molar refractivity (Wildman–Crippen MR) is 69.0 cm³/mol. The van der Waals surface area contributed by atoms with Crippen molar-refractivity contribution in [3.05, 3.63) is 0 Å². The van der Waals surface area contributed by atoms with E-state index in [0.717, 1.165) is 32.1 Å². The van der Waals surface area contributed by atoms with E-state index >= 15 is 0 Å². The topological polar surface area (TPSA) is 65.0 Å². The molecular weight excluding hydrogens is 236 g/mol. The summed E-state index contributed by atoms with van der Waals surface area (Å²) >= 11 is 0. The molecule has 0 aromatic heterocycles. The number of hydrogen-bond donors (Lipinski definition) is 1. The lowest BCUT2D eigenvalue weighted by atomic mass is 10.1. The fourth-order valence-corrected chi connectivity index (χ4v) is 1.61. The summed E-state index contributed by atoms with van der Waals surface area (Å²) in [6, 6.07) is 0. The quantitative estimate of drug-likeness (QED) is 0.432. The normalized spacial score (nSPS) is 12.3. The molecule has 1 atom stereocenters. The van der Waals surface area contributed by atoms with Crippen LogP contribution in [0.1, 0.15) is 46.0 Å². The molecule has 5 nitrogen and oxygen atoms in total. The van der Waals surface area contributed by atoms with Crippen molar-refractivity contribution in [3.63, 3.8) is 0 Å². The Morgan fingerprint density at radius 3 is 2.33 bits per heavy atom. The second-order valence-corrected chi connectivity index (χ2v) is 4.10. The Kier molecular flexibility index (Phi) is 12.1. The average molecular weight is 262 g/mol. The van der Waals surface area contributed by atoms with Crippen LogP contribution >= 0.6 is 0 Å². The SMILES string of the molecule is CCCCC(CCCOCCOCC)OC(=O)O. The first-order valence-corrected chi connectivity index (χ1v) is 6.75. The molecule has 0 aliphatic carbocycles. The van der Waals surface area contributed by atoms with E-state index in [4.69, 9.17) is 19.3 Å². The van der Waals surface area contributed by atoms with Gasteiger partial charge in [0.25, 0.3) is 0 Å². The minimum absolute atomic E-state index is 0.196. The van der Waals surface area contributed by atoms with Crippen LogP contribution in [-0.4, -0.2) is 43.8 Å². The summed E-state index contributed by atoms with van der Waals surface area (Å²) in [6.45, 7) is 6.55. The maximum Gasteiger partial charge on any atom is 0.506 e. The van der Waals surface area contributed by atoms with E-state index in [9.17, 15) is 4.79 Å². The van der Waals surface area contributed by atoms with Gasteiger partial charge in [0.1, 0.15) is 6.10 Å². The molecule has 5 heteroatoms. The first kappa shape index (κ1) is 17.2. The Labute approximate surface area is 109 Å². The van der Waals surface area contributed by atoms with Gasteiger partial charge >= 0.3 is 6.16 Å². The highest BCUT2D eigenvalue weighted by atomic mass is 16.7. The summed E-state index contributed by atoms with van der Waals surface area (Å²) in [5.74, 6) is 0. The highest BCUT2D eigenvalue weighted by molar-refractivity contribution is 5.57. The van der Waals surface area contributed by atoms with Gasteiger partial charge in [0.2, 0.25) is 0 Å². The zero-order valence-electron chi connectivity index (χ0n) is 11.5. The van der Waals surface area contributed by atoms with E-state index in [2.05, 4.69) is 6.92 Å². The molecule has 0 saturated heterocycles. The van der Waals surface area contributed by atoms with E-state index in [1.165, 1.54) is 0 Å². The van der Waals surface area contributed by atoms with E-state index in [0.29, 0.717) is 26.4 Å². The van der Waals surface area contributed by atoms with Crippen LogP contribution in [0.4, 0.5) is 4.79 Å². The largest absolute Gasteiger partial charge is 0.506 e. The molecule has 1 N–H and O–H groups in total. The first-order valence-electron chi connectivity index (χ1n) is 6.75. The highest BCUT2D eigenvalue weighted by Gasteiger charge is 2.12. The number of carbonyl (C=O) groups is 1. The molecule has 1 unspecified atom stereocenters. The van der Waals surface area contributed by atoms with Crippen LogP contribution in [0.5, 0.6) is 0 Å². The first-order chi connectivity index (χ1) is 8.70. The molecule has 0 aromatic rings. The van der Waals surface area contributed by atoms with E-state index in [1.807, 2.05) is 6.92 Å². The number of rotatable bonds is 12. The standard InChI is InChI=1S/C13H26O5/c1-3-5-7-12(18-13(14)15)8-6-9-17-11-10-16-4-2/h12H,3-11H2,1-2H3,(H,14,15). The van der Waals surface area contributed by atoms with Crippen LogP contribution in [0.25, 0.3) is 0 Å². The van der Waals surface area contributed by atoms with Crippen molar-refractivity contribution in [2.75, 3.05) is 26.4 Å². The molecule has 0 amide bonds. The Morgan fingerprint density at radius 1 is 1.06 bits per heavy atom. The van der Waals surface area contributed by atoms with Gasteiger partial charge in [-0.25, -0.2) is 4.79 Å². The lowest BCUT2D eigenvalue weighted by Crippen LogP contribution is -2.17. The highest BCUT2D eigenvalue weighted by Crippen LogP contribution is 2.11. The third-order valence-corrected chi connectivity index (χ3v) is 2.54. The van der Waals surface area contributed by atoms with E-state index in [-0.39, 0.29) is 6.10 Å². The Balaban J connectivity index is 3.52. The molecule has 0 aromatic carbocycles. The van der Waals surface area contributed by atoms with Gasteiger partial charge in [0.05, 0.1) is 13.2 Å². The molecule has 0 fully saturated rings. The number of carboxylic acid groups (broad SMARTS) is 1. The monoisotopic (exact) mass is 262 g/mol. The summed E-state index contributed by atoms with van der Waals surface area (Å²) in [5, 5.41) is 8.61. The van der Waals surface area contributed by atoms with Crippen molar-refractivity contribution in [2.45, 2.75) is 52.1 Å². The fraction of sp³-hybridized carbons (Fsp3) is 0.923. The van der Waals surface area contributed by atoms with Crippen LogP contribution in [0, 0.1) is 0 Å². The summed E-state index contributed by atoms with van der Waals surface area (Å²) < 4.78 is 15.3. The van der Waals surface area contributed by atoms with Crippen molar-refractivity contribution in [1.29, 1.82) is 0 Å². The Morgan fingerprint density at radius 2 is 1.72 bits per heavy atom. The van der Waals surface area contributed by atoms with Crippen LogP contribution in [-0.2, 0) is 14.2 Å². The molecule has 0 bridgehead atoms. The van der Waals surface area contributed by atoms with E-state index < -0.39 is 6.16 Å². The minimum atomic E-state index is -1.19. The zero-order valence-corrected chi connectivity index (χ0v) is 11.5.